The minimum atomic E-state index is -2.79. The summed E-state index contributed by atoms with van der Waals surface area (Å²) >= 11 is 0. The molecule has 0 aliphatic carbocycles. The molecular formula is C3H7O4P. The van der Waals surface area contributed by atoms with E-state index < -0.39 is 13.7 Å². The first-order valence-corrected chi connectivity index (χ1v) is 3.40. The highest BCUT2D eigenvalue weighted by Gasteiger charge is 2.05. The molecule has 0 aliphatic rings. The summed E-state index contributed by atoms with van der Waals surface area (Å²) in [5.74, 6) is 0. The van der Waals surface area contributed by atoms with Crippen molar-refractivity contribution in [3.63, 3.8) is 0 Å². The molecular weight excluding hydrogens is 131 g/mol. The van der Waals surface area contributed by atoms with Gasteiger partial charge in [0.25, 0.3) is 8.03 Å². The number of hydrogen-bond acceptors (Lipinski definition) is 3. The standard InChI is InChI=1S/C3H7O4P/c1-2-7-8(6)3(4)5/h8H,2H2,1H3,(H,4,5). The Labute approximate surface area is 47.3 Å². The normalized spacial score (nSPS) is 13.1. The van der Waals surface area contributed by atoms with Gasteiger partial charge >= 0.3 is 5.71 Å². The second-order valence-electron chi connectivity index (χ2n) is 1.03. The van der Waals surface area contributed by atoms with E-state index in [1.807, 2.05) is 0 Å². The van der Waals surface area contributed by atoms with Gasteiger partial charge in [-0.15, -0.1) is 0 Å². The minimum Gasteiger partial charge on any atom is -0.474 e. The first kappa shape index (κ1) is 7.66. The van der Waals surface area contributed by atoms with E-state index in [4.69, 9.17) is 5.11 Å². The summed E-state index contributed by atoms with van der Waals surface area (Å²) in [5.41, 5.74) is -1.36. The summed E-state index contributed by atoms with van der Waals surface area (Å²) < 4.78 is 14.4. The highest BCUT2D eigenvalue weighted by molar-refractivity contribution is 7.58. The third-order valence-corrected chi connectivity index (χ3v) is 1.35. The highest BCUT2D eigenvalue weighted by Crippen LogP contribution is 2.21. The summed E-state index contributed by atoms with van der Waals surface area (Å²) in [6, 6.07) is 0. The van der Waals surface area contributed by atoms with Crippen LogP contribution >= 0.6 is 8.03 Å². The zero-order valence-electron chi connectivity index (χ0n) is 4.38. The molecule has 0 bridgehead atoms. The van der Waals surface area contributed by atoms with Gasteiger partial charge in [-0.25, -0.2) is 4.79 Å². The number of carboxylic acid groups (broad SMARTS) is 1. The second-order valence-corrected chi connectivity index (χ2v) is 2.32. The molecule has 0 spiro atoms. The maximum absolute atomic E-state index is 10.1. The van der Waals surface area contributed by atoms with Crippen molar-refractivity contribution in [3.05, 3.63) is 0 Å². The average Bonchev–Trinajstić information content (AvgIpc) is 1.67. The quantitative estimate of drug-likeness (QED) is 0.594. The van der Waals surface area contributed by atoms with Gasteiger partial charge in [-0.2, -0.15) is 0 Å². The molecule has 0 rings (SSSR count). The van der Waals surface area contributed by atoms with Gasteiger partial charge in [0.15, 0.2) is 0 Å². The molecule has 1 atom stereocenters. The van der Waals surface area contributed by atoms with Crippen molar-refractivity contribution >= 4 is 13.7 Å². The Balaban J connectivity index is 3.49. The fourth-order valence-electron chi connectivity index (χ4n) is 0.193. The lowest BCUT2D eigenvalue weighted by Crippen LogP contribution is -1.86. The van der Waals surface area contributed by atoms with Crippen molar-refractivity contribution < 1.29 is 19.0 Å². The molecule has 4 nitrogen and oxygen atoms in total. The Hall–Kier alpha value is -0.340. The van der Waals surface area contributed by atoms with E-state index in [1.165, 1.54) is 0 Å². The monoisotopic (exact) mass is 138 g/mol. The van der Waals surface area contributed by atoms with Crippen LogP contribution in [0.25, 0.3) is 0 Å². The highest BCUT2D eigenvalue weighted by atomic mass is 31.1. The molecule has 8 heavy (non-hydrogen) atoms. The number of carbonyl (C=O) groups is 1. The van der Waals surface area contributed by atoms with Crippen LogP contribution in [0.3, 0.4) is 0 Å². The SMILES string of the molecule is CCO[PH](=O)C(=O)O. The Bertz CT molecular complexity index is 110. The number of hydrogen-bond donors (Lipinski definition) is 1. The molecule has 0 amide bonds. The molecule has 0 fully saturated rings. The van der Waals surface area contributed by atoms with E-state index >= 15 is 0 Å². The zero-order valence-corrected chi connectivity index (χ0v) is 5.38. The molecule has 1 unspecified atom stereocenters. The zero-order chi connectivity index (χ0) is 6.57. The van der Waals surface area contributed by atoms with Gasteiger partial charge in [-0.3, -0.25) is 4.57 Å². The first-order valence-electron chi connectivity index (χ1n) is 2.08. The fraction of sp³-hybridized carbons (Fsp3) is 0.667. The molecule has 0 saturated heterocycles. The maximum atomic E-state index is 10.1. The third kappa shape index (κ3) is 2.77. The van der Waals surface area contributed by atoms with E-state index in [9.17, 15) is 9.36 Å². The third-order valence-electron chi connectivity index (χ3n) is 0.450. The van der Waals surface area contributed by atoms with Crippen LogP contribution in [0.1, 0.15) is 6.92 Å². The largest absolute Gasteiger partial charge is 0.474 e. The Morgan fingerprint density at radius 3 is 2.50 bits per heavy atom. The summed E-state index contributed by atoms with van der Waals surface area (Å²) in [6.45, 7) is 1.77. The molecule has 5 heteroatoms. The van der Waals surface area contributed by atoms with E-state index in [-0.39, 0.29) is 6.61 Å². The number of rotatable bonds is 3. The summed E-state index contributed by atoms with van der Waals surface area (Å²) in [5, 5.41) is 7.92. The van der Waals surface area contributed by atoms with Crippen molar-refractivity contribution in [2.24, 2.45) is 0 Å². The molecule has 0 aromatic carbocycles. The van der Waals surface area contributed by atoms with Crippen LogP contribution in [0.4, 0.5) is 4.79 Å². The van der Waals surface area contributed by atoms with Crippen LogP contribution in [0.15, 0.2) is 0 Å². The molecule has 48 valence electrons. The molecule has 0 aromatic rings. The van der Waals surface area contributed by atoms with Crippen molar-refractivity contribution in [2.75, 3.05) is 6.61 Å². The summed E-state index contributed by atoms with van der Waals surface area (Å²) in [7, 11) is -2.79. The smallest absolute Gasteiger partial charge is 0.386 e. The van der Waals surface area contributed by atoms with E-state index in [0.717, 1.165) is 0 Å². The van der Waals surface area contributed by atoms with Gasteiger partial charge in [-0.05, 0) is 6.92 Å². The molecule has 1 N–H and O–H groups in total. The van der Waals surface area contributed by atoms with Crippen molar-refractivity contribution in [1.29, 1.82) is 0 Å². The summed E-state index contributed by atoms with van der Waals surface area (Å²) in [4.78, 5) is 9.70. The molecule has 0 saturated carbocycles. The molecule has 0 aromatic heterocycles. The van der Waals surface area contributed by atoms with Crippen LogP contribution in [0.2, 0.25) is 0 Å². The second kappa shape index (κ2) is 3.64. The van der Waals surface area contributed by atoms with E-state index in [0.29, 0.717) is 0 Å². The average molecular weight is 138 g/mol. The first-order chi connectivity index (χ1) is 3.68. The van der Waals surface area contributed by atoms with Gasteiger partial charge in [0, 0.05) is 0 Å². The lowest BCUT2D eigenvalue weighted by molar-refractivity contribution is 0.213. The summed E-state index contributed by atoms with van der Waals surface area (Å²) in [6.07, 6.45) is 0. The van der Waals surface area contributed by atoms with Crippen molar-refractivity contribution in [1.82, 2.24) is 0 Å². The van der Waals surface area contributed by atoms with Crippen LogP contribution < -0.4 is 0 Å². The van der Waals surface area contributed by atoms with Crippen LogP contribution in [0.5, 0.6) is 0 Å². The van der Waals surface area contributed by atoms with Crippen LogP contribution in [-0.2, 0) is 9.09 Å². The topological polar surface area (TPSA) is 63.6 Å². The van der Waals surface area contributed by atoms with E-state index in [1.54, 1.807) is 6.92 Å². The molecule has 0 radical (unpaired) electrons. The maximum Gasteiger partial charge on any atom is 0.386 e. The Morgan fingerprint density at radius 2 is 2.38 bits per heavy atom. The fourth-order valence-corrected chi connectivity index (χ4v) is 0.578. The van der Waals surface area contributed by atoms with Crippen LogP contribution in [0, 0.1) is 0 Å². The van der Waals surface area contributed by atoms with Gasteiger partial charge in [0.2, 0.25) is 0 Å². The van der Waals surface area contributed by atoms with Crippen LogP contribution in [-0.4, -0.2) is 17.4 Å². The predicted octanol–water partition coefficient (Wildman–Crippen LogP) is 1.18. The predicted molar refractivity (Wildman–Crippen MR) is 28.7 cm³/mol. The van der Waals surface area contributed by atoms with Gasteiger partial charge < -0.3 is 9.63 Å². The van der Waals surface area contributed by atoms with Gasteiger partial charge in [0.05, 0.1) is 6.61 Å². The van der Waals surface area contributed by atoms with E-state index in [2.05, 4.69) is 4.52 Å². The Kier molecular flexibility index (Phi) is 3.48. The van der Waals surface area contributed by atoms with Crippen molar-refractivity contribution in [2.45, 2.75) is 6.92 Å². The molecule has 0 aliphatic heterocycles. The lowest BCUT2D eigenvalue weighted by Gasteiger charge is -1.91. The van der Waals surface area contributed by atoms with Gasteiger partial charge in [-0.1, -0.05) is 0 Å². The molecule has 0 heterocycles. The minimum absolute atomic E-state index is 0.185. The van der Waals surface area contributed by atoms with Crippen molar-refractivity contribution in [3.8, 4) is 0 Å². The van der Waals surface area contributed by atoms with Gasteiger partial charge in [0.1, 0.15) is 0 Å². The Morgan fingerprint density at radius 1 is 1.88 bits per heavy atom. The lowest BCUT2D eigenvalue weighted by atomic mass is 10.9.